The summed E-state index contributed by atoms with van der Waals surface area (Å²) in [6, 6.07) is 6.32. The highest BCUT2D eigenvalue weighted by atomic mass is 35.5. The van der Waals surface area contributed by atoms with Gasteiger partial charge in [0.2, 0.25) is 0 Å². The number of aromatic amines is 1. The first-order valence-electron chi connectivity index (χ1n) is 6.75. The predicted octanol–water partition coefficient (Wildman–Crippen LogP) is 1.55. The third-order valence-electron chi connectivity index (χ3n) is 3.50. The average molecular weight is 325 g/mol. The fourth-order valence-electron chi connectivity index (χ4n) is 2.11. The molecule has 0 radical (unpaired) electrons. The average Bonchev–Trinajstić information content (AvgIpc) is 2.94. The maximum absolute atomic E-state index is 12.9. The van der Waals surface area contributed by atoms with Crippen molar-refractivity contribution in [2.24, 2.45) is 4.99 Å². The molecule has 2 heterocycles. The lowest BCUT2D eigenvalue weighted by atomic mass is 10.2. The van der Waals surface area contributed by atoms with E-state index in [0.717, 1.165) is 16.4 Å². The van der Waals surface area contributed by atoms with E-state index < -0.39 is 5.72 Å². The van der Waals surface area contributed by atoms with Gasteiger partial charge in [-0.3, -0.25) is 0 Å². The van der Waals surface area contributed by atoms with Crippen LogP contribution in [0.15, 0.2) is 35.6 Å². The first-order chi connectivity index (χ1) is 10.0. The first-order valence-corrected chi connectivity index (χ1v) is 6.75. The molecule has 0 aliphatic carbocycles. The molecule has 7 heteroatoms. The predicted molar refractivity (Wildman–Crippen MR) is 83.1 cm³/mol. The molecule has 1 aromatic heterocycles. The highest BCUT2D eigenvalue weighted by Gasteiger charge is 2.26. The molecule has 1 aromatic carbocycles. The van der Waals surface area contributed by atoms with E-state index in [1.54, 1.807) is 18.5 Å². The second-order valence-electron chi connectivity index (χ2n) is 5.40. The van der Waals surface area contributed by atoms with E-state index in [-0.39, 0.29) is 18.2 Å². The number of hydrogen-bond acceptors (Lipinski definition) is 4. The van der Waals surface area contributed by atoms with Crippen LogP contribution < -0.4 is 10.8 Å². The fourth-order valence-corrected chi connectivity index (χ4v) is 2.11. The summed E-state index contributed by atoms with van der Waals surface area (Å²) in [6.45, 7) is 4.86. The minimum atomic E-state index is -0.527. The van der Waals surface area contributed by atoms with Crippen molar-refractivity contribution < 1.29 is 9.13 Å². The normalized spacial score (nSPS) is 13.7. The SMILES string of the molecule is CC(C)(OCc1ccc(F)cc1)N1C=c2[nH]cnc2=NC1.Cl. The third-order valence-corrected chi connectivity index (χ3v) is 3.50. The number of imidazole rings is 1. The van der Waals surface area contributed by atoms with Crippen LogP contribution in [-0.4, -0.2) is 27.3 Å². The number of benzene rings is 1. The minimum Gasteiger partial charge on any atom is -0.352 e. The van der Waals surface area contributed by atoms with Crippen molar-refractivity contribution in [2.45, 2.75) is 26.2 Å². The quantitative estimate of drug-likeness (QED) is 0.928. The Morgan fingerprint density at radius 3 is 2.77 bits per heavy atom. The molecule has 0 amide bonds. The Morgan fingerprint density at radius 1 is 1.32 bits per heavy atom. The molecule has 0 saturated carbocycles. The van der Waals surface area contributed by atoms with Gasteiger partial charge in [0, 0.05) is 6.20 Å². The molecule has 0 unspecified atom stereocenters. The van der Waals surface area contributed by atoms with Crippen molar-refractivity contribution >= 4 is 18.6 Å². The van der Waals surface area contributed by atoms with Crippen molar-refractivity contribution in [3.8, 4) is 0 Å². The Hall–Kier alpha value is -1.92. The molecular formula is C15H18ClFN4O. The molecule has 0 atom stereocenters. The monoisotopic (exact) mass is 324 g/mol. The van der Waals surface area contributed by atoms with Crippen LogP contribution in [0, 0.1) is 5.82 Å². The van der Waals surface area contributed by atoms with Gasteiger partial charge in [-0.05, 0) is 31.5 Å². The van der Waals surface area contributed by atoms with Crippen LogP contribution >= 0.6 is 12.4 Å². The van der Waals surface area contributed by atoms with Gasteiger partial charge < -0.3 is 14.6 Å². The summed E-state index contributed by atoms with van der Waals surface area (Å²) in [6.07, 6.45) is 3.58. The van der Waals surface area contributed by atoms with Gasteiger partial charge in [0.25, 0.3) is 0 Å². The zero-order valence-electron chi connectivity index (χ0n) is 12.4. The molecule has 0 spiro atoms. The van der Waals surface area contributed by atoms with Gasteiger partial charge in [-0.25, -0.2) is 14.4 Å². The number of H-pyrrole nitrogens is 1. The number of halogens is 2. The number of fused-ring (bicyclic) bond motifs is 1. The van der Waals surface area contributed by atoms with E-state index in [4.69, 9.17) is 4.74 Å². The van der Waals surface area contributed by atoms with Crippen LogP contribution in [-0.2, 0) is 11.3 Å². The lowest BCUT2D eigenvalue weighted by Gasteiger charge is -2.37. The second kappa shape index (κ2) is 6.46. The van der Waals surface area contributed by atoms with Crippen molar-refractivity contribution in [3.63, 3.8) is 0 Å². The Kier molecular flexibility index (Phi) is 4.83. The van der Waals surface area contributed by atoms with Crippen molar-refractivity contribution in [1.82, 2.24) is 14.9 Å². The maximum Gasteiger partial charge on any atom is 0.176 e. The van der Waals surface area contributed by atoms with Gasteiger partial charge >= 0.3 is 0 Å². The lowest BCUT2D eigenvalue weighted by molar-refractivity contribution is -0.112. The molecular weight excluding hydrogens is 307 g/mol. The summed E-state index contributed by atoms with van der Waals surface area (Å²) in [5.74, 6) is -0.243. The zero-order valence-corrected chi connectivity index (χ0v) is 13.2. The van der Waals surface area contributed by atoms with Crippen molar-refractivity contribution in [3.05, 3.63) is 52.8 Å². The second-order valence-corrected chi connectivity index (χ2v) is 5.40. The highest BCUT2D eigenvalue weighted by molar-refractivity contribution is 5.85. The molecule has 3 rings (SSSR count). The number of ether oxygens (including phenoxy) is 1. The molecule has 1 aliphatic heterocycles. The summed E-state index contributed by atoms with van der Waals surface area (Å²) in [5.41, 5.74) is 1.13. The van der Waals surface area contributed by atoms with E-state index in [9.17, 15) is 4.39 Å². The zero-order chi connectivity index (χ0) is 14.9. The molecule has 2 aromatic rings. The number of rotatable bonds is 4. The Morgan fingerprint density at radius 2 is 2.05 bits per heavy atom. The van der Waals surface area contributed by atoms with E-state index >= 15 is 0 Å². The third kappa shape index (κ3) is 3.45. The van der Waals surface area contributed by atoms with Crippen LogP contribution in [0.5, 0.6) is 0 Å². The molecule has 0 bridgehead atoms. The van der Waals surface area contributed by atoms with E-state index in [2.05, 4.69) is 15.0 Å². The lowest BCUT2D eigenvalue weighted by Crippen LogP contribution is -2.47. The Balaban J connectivity index is 0.00000176. The number of hydrogen-bond donors (Lipinski definition) is 1. The Bertz CT molecular complexity index is 742. The molecule has 0 fully saturated rings. The van der Waals surface area contributed by atoms with Gasteiger partial charge in [0.05, 0.1) is 12.9 Å². The summed E-state index contributed by atoms with van der Waals surface area (Å²) < 4.78 is 18.9. The molecule has 118 valence electrons. The summed E-state index contributed by atoms with van der Waals surface area (Å²) in [4.78, 5) is 13.5. The van der Waals surface area contributed by atoms with Crippen LogP contribution in [0.4, 0.5) is 4.39 Å². The molecule has 1 aliphatic rings. The van der Waals surface area contributed by atoms with Gasteiger partial charge in [-0.2, -0.15) is 0 Å². The van der Waals surface area contributed by atoms with Crippen LogP contribution in [0.25, 0.3) is 6.20 Å². The van der Waals surface area contributed by atoms with Gasteiger partial charge in [0.1, 0.15) is 23.6 Å². The van der Waals surface area contributed by atoms with E-state index in [1.807, 2.05) is 24.9 Å². The minimum absolute atomic E-state index is 0. The Labute approximate surface area is 133 Å². The highest BCUT2D eigenvalue weighted by Crippen LogP contribution is 2.19. The van der Waals surface area contributed by atoms with Gasteiger partial charge in [-0.1, -0.05) is 12.1 Å². The number of nitrogens with one attached hydrogen (secondary N) is 1. The van der Waals surface area contributed by atoms with E-state index in [1.165, 1.54) is 12.1 Å². The number of aromatic nitrogens is 2. The molecule has 5 nitrogen and oxygen atoms in total. The number of nitrogens with zero attached hydrogens (tertiary/aromatic N) is 3. The fraction of sp³-hybridized carbons (Fsp3) is 0.333. The topological polar surface area (TPSA) is 53.5 Å². The van der Waals surface area contributed by atoms with Crippen LogP contribution in [0.1, 0.15) is 19.4 Å². The van der Waals surface area contributed by atoms with Gasteiger partial charge in [-0.15, -0.1) is 12.4 Å². The molecule has 0 saturated heterocycles. The maximum atomic E-state index is 12.9. The summed E-state index contributed by atoms with van der Waals surface area (Å²) in [7, 11) is 0. The molecule has 22 heavy (non-hydrogen) atoms. The van der Waals surface area contributed by atoms with Crippen LogP contribution in [0.3, 0.4) is 0 Å². The van der Waals surface area contributed by atoms with Crippen molar-refractivity contribution in [2.75, 3.05) is 6.67 Å². The summed E-state index contributed by atoms with van der Waals surface area (Å²) in [5, 5.41) is 0.875. The smallest absolute Gasteiger partial charge is 0.176 e. The van der Waals surface area contributed by atoms with Crippen LogP contribution in [0.2, 0.25) is 0 Å². The largest absolute Gasteiger partial charge is 0.352 e. The van der Waals surface area contributed by atoms with E-state index in [0.29, 0.717) is 13.3 Å². The molecule has 1 N–H and O–H groups in total. The summed E-state index contributed by atoms with van der Waals surface area (Å²) >= 11 is 0. The van der Waals surface area contributed by atoms with Crippen molar-refractivity contribution in [1.29, 1.82) is 0 Å². The van der Waals surface area contributed by atoms with Gasteiger partial charge in [0.15, 0.2) is 5.49 Å². The standard InChI is InChI=1S/C15H17FN4O.ClH/c1-15(2,21-8-11-3-5-12(16)6-4-11)20-7-13-14(19-10-20)18-9-17-13;/h3-7,9H,8,10H2,1-2H3,(H,17,18,19);1H. The first kappa shape index (κ1) is 16.5.